The molecular weight excluding hydrogens is 217 g/mol. The molecule has 0 unspecified atom stereocenters. The lowest BCUT2D eigenvalue weighted by molar-refractivity contribution is 0.628. The van der Waals surface area contributed by atoms with Crippen molar-refractivity contribution in [1.29, 1.82) is 0 Å². The van der Waals surface area contributed by atoms with E-state index >= 15 is 0 Å². The zero-order valence-electron chi connectivity index (χ0n) is 10.3. The van der Waals surface area contributed by atoms with Crippen molar-refractivity contribution < 1.29 is 4.39 Å². The van der Waals surface area contributed by atoms with Gasteiger partial charge in [0.05, 0.1) is 17.9 Å². The highest BCUT2D eigenvalue weighted by atomic mass is 19.1. The first-order chi connectivity index (χ1) is 8.15. The molecule has 0 spiro atoms. The Bertz CT molecular complexity index is 531. The van der Waals surface area contributed by atoms with Crippen molar-refractivity contribution in [3.05, 3.63) is 41.6 Å². The van der Waals surface area contributed by atoms with E-state index in [1.165, 1.54) is 6.07 Å². The summed E-state index contributed by atoms with van der Waals surface area (Å²) in [5.41, 5.74) is 2.29. The van der Waals surface area contributed by atoms with E-state index in [2.05, 4.69) is 10.3 Å². The summed E-state index contributed by atoms with van der Waals surface area (Å²) in [5, 5.41) is 3.05. The van der Waals surface area contributed by atoms with E-state index < -0.39 is 0 Å². The van der Waals surface area contributed by atoms with Crippen LogP contribution in [-0.4, -0.2) is 16.6 Å². The minimum absolute atomic E-state index is 0.213. The van der Waals surface area contributed by atoms with Crippen LogP contribution in [0.1, 0.15) is 11.5 Å². The average molecular weight is 233 g/mol. The number of aryl methyl sites for hydroxylation is 1. The maximum atomic E-state index is 13.8. The second-order valence-corrected chi connectivity index (χ2v) is 4.03. The quantitative estimate of drug-likeness (QED) is 0.881. The average Bonchev–Trinajstić information content (AvgIpc) is 2.57. The summed E-state index contributed by atoms with van der Waals surface area (Å²) in [4.78, 5) is 4.45. The summed E-state index contributed by atoms with van der Waals surface area (Å²) >= 11 is 0. The second-order valence-electron chi connectivity index (χ2n) is 4.03. The van der Waals surface area contributed by atoms with Gasteiger partial charge in [0, 0.05) is 12.6 Å². The minimum atomic E-state index is -0.213. The van der Waals surface area contributed by atoms with Crippen LogP contribution in [0.4, 0.5) is 4.39 Å². The number of hydrogen-bond acceptors (Lipinski definition) is 2. The Morgan fingerprint density at radius 2 is 2.06 bits per heavy atom. The van der Waals surface area contributed by atoms with Crippen LogP contribution in [0.25, 0.3) is 11.3 Å². The zero-order chi connectivity index (χ0) is 12.4. The van der Waals surface area contributed by atoms with Gasteiger partial charge in [-0.05, 0) is 26.1 Å². The Hall–Kier alpha value is -1.68. The first-order valence-electron chi connectivity index (χ1n) is 5.57. The standard InChI is InChI=1S/C13H16FN3/c1-9-13(10-6-4-5-7-11(10)14)17(3)12(16-9)8-15-2/h4-7,15H,8H2,1-3H3. The number of halogens is 1. The molecule has 1 heterocycles. The molecule has 2 rings (SSSR count). The van der Waals surface area contributed by atoms with Crippen molar-refractivity contribution in [2.75, 3.05) is 7.05 Å². The lowest BCUT2D eigenvalue weighted by atomic mass is 10.1. The fourth-order valence-corrected chi connectivity index (χ4v) is 2.04. The molecule has 0 aliphatic carbocycles. The van der Waals surface area contributed by atoms with Crippen LogP contribution in [0.2, 0.25) is 0 Å². The van der Waals surface area contributed by atoms with E-state index in [-0.39, 0.29) is 5.82 Å². The van der Waals surface area contributed by atoms with Gasteiger partial charge in [0.15, 0.2) is 0 Å². The molecule has 17 heavy (non-hydrogen) atoms. The predicted octanol–water partition coefficient (Wildman–Crippen LogP) is 2.25. The second kappa shape index (κ2) is 4.67. The largest absolute Gasteiger partial charge is 0.330 e. The smallest absolute Gasteiger partial charge is 0.132 e. The van der Waals surface area contributed by atoms with Gasteiger partial charge >= 0.3 is 0 Å². The van der Waals surface area contributed by atoms with Crippen molar-refractivity contribution >= 4 is 0 Å². The van der Waals surface area contributed by atoms with Gasteiger partial charge < -0.3 is 9.88 Å². The molecule has 1 aromatic heterocycles. The summed E-state index contributed by atoms with van der Waals surface area (Å²) in [6, 6.07) is 6.78. The van der Waals surface area contributed by atoms with Gasteiger partial charge in [0.2, 0.25) is 0 Å². The number of rotatable bonds is 3. The Labute approximate surface area is 100 Å². The maximum Gasteiger partial charge on any atom is 0.132 e. The van der Waals surface area contributed by atoms with Crippen LogP contribution in [0, 0.1) is 12.7 Å². The molecule has 1 N–H and O–H groups in total. The van der Waals surface area contributed by atoms with E-state index in [9.17, 15) is 4.39 Å². The van der Waals surface area contributed by atoms with E-state index in [0.29, 0.717) is 12.1 Å². The molecule has 0 saturated carbocycles. The minimum Gasteiger partial charge on any atom is -0.330 e. The third kappa shape index (κ3) is 2.08. The van der Waals surface area contributed by atoms with E-state index in [4.69, 9.17) is 0 Å². The van der Waals surface area contributed by atoms with Gasteiger partial charge in [-0.1, -0.05) is 12.1 Å². The van der Waals surface area contributed by atoms with Crippen molar-refractivity contribution in [1.82, 2.24) is 14.9 Å². The van der Waals surface area contributed by atoms with Crippen LogP contribution < -0.4 is 5.32 Å². The highest BCUT2D eigenvalue weighted by Gasteiger charge is 2.15. The van der Waals surface area contributed by atoms with Gasteiger partial charge in [0.1, 0.15) is 11.6 Å². The molecule has 0 aliphatic rings. The Balaban J connectivity index is 2.56. The summed E-state index contributed by atoms with van der Waals surface area (Å²) in [7, 11) is 3.78. The van der Waals surface area contributed by atoms with Crippen LogP contribution in [-0.2, 0) is 13.6 Å². The molecule has 0 fully saturated rings. The van der Waals surface area contributed by atoms with Crippen molar-refractivity contribution in [2.24, 2.45) is 7.05 Å². The molecule has 90 valence electrons. The molecule has 3 nitrogen and oxygen atoms in total. The molecule has 4 heteroatoms. The summed E-state index contributed by atoms with van der Waals surface area (Å²) in [6.07, 6.45) is 0. The van der Waals surface area contributed by atoms with Crippen molar-refractivity contribution in [3.8, 4) is 11.3 Å². The highest BCUT2D eigenvalue weighted by Crippen LogP contribution is 2.26. The van der Waals surface area contributed by atoms with Crippen LogP contribution >= 0.6 is 0 Å². The zero-order valence-corrected chi connectivity index (χ0v) is 10.3. The van der Waals surface area contributed by atoms with Gasteiger partial charge in [-0.25, -0.2) is 9.37 Å². The van der Waals surface area contributed by atoms with Gasteiger partial charge in [-0.2, -0.15) is 0 Å². The molecule has 0 bridgehead atoms. The number of aromatic nitrogens is 2. The van der Waals surface area contributed by atoms with E-state index in [1.807, 2.05) is 31.7 Å². The molecule has 1 aromatic carbocycles. The molecule has 0 aliphatic heterocycles. The Kier molecular flexibility index (Phi) is 3.24. The molecule has 0 radical (unpaired) electrons. The molecule has 0 saturated heterocycles. The SMILES string of the molecule is CNCc1nc(C)c(-c2ccccc2F)n1C. The van der Waals surface area contributed by atoms with E-state index in [1.54, 1.807) is 12.1 Å². The summed E-state index contributed by atoms with van der Waals surface area (Å²) in [5.74, 6) is 0.692. The predicted molar refractivity (Wildman–Crippen MR) is 66.1 cm³/mol. The van der Waals surface area contributed by atoms with Crippen LogP contribution in [0.3, 0.4) is 0 Å². The maximum absolute atomic E-state index is 13.8. The van der Waals surface area contributed by atoms with Crippen molar-refractivity contribution in [3.63, 3.8) is 0 Å². The Morgan fingerprint density at radius 1 is 1.35 bits per heavy atom. The summed E-state index contributed by atoms with van der Waals surface area (Å²) < 4.78 is 15.7. The number of benzene rings is 1. The van der Waals surface area contributed by atoms with Gasteiger partial charge in [-0.15, -0.1) is 0 Å². The number of imidazole rings is 1. The lowest BCUT2D eigenvalue weighted by Crippen LogP contribution is -2.10. The third-order valence-corrected chi connectivity index (χ3v) is 2.83. The molecule has 0 atom stereocenters. The third-order valence-electron chi connectivity index (χ3n) is 2.83. The number of hydrogen-bond donors (Lipinski definition) is 1. The van der Waals surface area contributed by atoms with Crippen LogP contribution in [0.15, 0.2) is 24.3 Å². The van der Waals surface area contributed by atoms with Crippen LogP contribution in [0.5, 0.6) is 0 Å². The van der Waals surface area contributed by atoms with Crippen molar-refractivity contribution in [2.45, 2.75) is 13.5 Å². The van der Waals surface area contributed by atoms with Gasteiger partial charge in [-0.3, -0.25) is 0 Å². The lowest BCUT2D eigenvalue weighted by Gasteiger charge is -2.07. The fraction of sp³-hybridized carbons (Fsp3) is 0.308. The molecule has 0 amide bonds. The molecule has 2 aromatic rings. The summed E-state index contributed by atoms with van der Waals surface area (Å²) in [6.45, 7) is 2.58. The Morgan fingerprint density at radius 3 is 2.71 bits per heavy atom. The fourth-order valence-electron chi connectivity index (χ4n) is 2.04. The van der Waals surface area contributed by atoms with E-state index in [0.717, 1.165) is 17.2 Å². The van der Waals surface area contributed by atoms with Gasteiger partial charge in [0.25, 0.3) is 0 Å². The first kappa shape index (κ1) is 11.8. The number of nitrogens with zero attached hydrogens (tertiary/aromatic N) is 2. The normalized spacial score (nSPS) is 10.8. The molecular formula is C13H16FN3. The highest BCUT2D eigenvalue weighted by molar-refractivity contribution is 5.63. The monoisotopic (exact) mass is 233 g/mol. The first-order valence-corrected chi connectivity index (χ1v) is 5.57. The topological polar surface area (TPSA) is 29.9 Å². The number of nitrogens with one attached hydrogen (secondary N) is 1.